The van der Waals surface area contributed by atoms with Gasteiger partial charge in [-0.15, -0.1) is 0 Å². The summed E-state index contributed by atoms with van der Waals surface area (Å²) in [6.07, 6.45) is 0. The lowest BCUT2D eigenvalue weighted by Crippen LogP contribution is -2.52. The van der Waals surface area contributed by atoms with E-state index in [9.17, 15) is 22.4 Å². The number of anilines is 1. The Labute approximate surface area is 207 Å². The molecule has 0 aliphatic carbocycles. The molecule has 0 aromatic heterocycles. The number of hydrogen-bond acceptors (Lipinski definition) is 4. The number of rotatable bonds is 11. The first-order valence-corrected chi connectivity index (χ1v) is 12.8. The van der Waals surface area contributed by atoms with Crippen LogP contribution in [0.2, 0.25) is 0 Å². The van der Waals surface area contributed by atoms with Crippen LogP contribution in [0.5, 0.6) is 0 Å². The molecule has 0 radical (unpaired) electrons. The van der Waals surface area contributed by atoms with Crippen molar-refractivity contribution in [3.05, 3.63) is 65.5 Å². The van der Waals surface area contributed by atoms with E-state index in [1.807, 2.05) is 45.0 Å². The molecule has 0 bridgehead atoms. The van der Waals surface area contributed by atoms with Gasteiger partial charge in [-0.3, -0.25) is 9.59 Å². The lowest BCUT2D eigenvalue weighted by Gasteiger charge is -2.33. The van der Waals surface area contributed by atoms with Crippen molar-refractivity contribution in [2.24, 2.45) is 5.92 Å². The molecule has 2 aromatic carbocycles. The molecule has 1 N–H and O–H groups in total. The van der Waals surface area contributed by atoms with Crippen molar-refractivity contribution in [2.45, 2.75) is 40.3 Å². The molecule has 0 aliphatic rings. The first-order chi connectivity index (χ1) is 16.3. The van der Waals surface area contributed by atoms with Gasteiger partial charge in [0.2, 0.25) is 11.8 Å². The Kier molecular flexibility index (Phi) is 9.79. The zero-order valence-corrected chi connectivity index (χ0v) is 22.0. The highest BCUT2D eigenvalue weighted by Gasteiger charge is 2.33. The van der Waals surface area contributed by atoms with Crippen LogP contribution in [-0.4, -0.2) is 62.7 Å². The lowest BCUT2D eigenvalue weighted by molar-refractivity contribution is -0.139. The predicted octanol–water partition coefficient (Wildman–Crippen LogP) is 2.94. The van der Waals surface area contributed by atoms with Crippen molar-refractivity contribution in [3.63, 3.8) is 0 Å². The van der Waals surface area contributed by atoms with Crippen molar-refractivity contribution in [1.29, 1.82) is 0 Å². The second-order valence-electron chi connectivity index (χ2n) is 9.07. The molecule has 0 aliphatic heterocycles. The van der Waals surface area contributed by atoms with Crippen LogP contribution in [0.3, 0.4) is 0 Å². The van der Waals surface area contributed by atoms with Crippen LogP contribution < -0.4 is 9.62 Å². The van der Waals surface area contributed by atoms with Gasteiger partial charge in [0.05, 0.1) is 5.69 Å². The van der Waals surface area contributed by atoms with Crippen LogP contribution in [0.1, 0.15) is 31.9 Å². The smallest absolute Gasteiger partial charge is 0.304 e. The van der Waals surface area contributed by atoms with Crippen LogP contribution in [0.15, 0.2) is 48.5 Å². The Morgan fingerprint density at radius 3 is 2.14 bits per heavy atom. The minimum atomic E-state index is -4.21. The van der Waals surface area contributed by atoms with Crippen LogP contribution in [0.4, 0.5) is 10.1 Å². The summed E-state index contributed by atoms with van der Waals surface area (Å²) in [6.45, 7) is 7.30. The van der Waals surface area contributed by atoms with Crippen molar-refractivity contribution in [1.82, 2.24) is 14.5 Å². The van der Waals surface area contributed by atoms with Crippen molar-refractivity contribution >= 4 is 27.7 Å². The number of nitrogens with zero attached hydrogens (tertiary/aromatic N) is 3. The Morgan fingerprint density at radius 1 is 1.00 bits per heavy atom. The maximum atomic E-state index is 14.6. The summed E-state index contributed by atoms with van der Waals surface area (Å²) < 4.78 is 42.4. The molecule has 0 saturated carbocycles. The number of halogens is 1. The number of aryl methyl sites for hydroxylation is 1. The molecule has 1 unspecified atom stereocenters. The van der Waals surface area contributed by atoms with Crippen molar-refractivity contribution < 1.29 is 22.4 Å². The summed E-state index contributed by atoms with van der Waals surface area (Å²) in [5, 5.41) is 2.82. The fourth-order valence-corrected chi connectivity index (χ4v) is 4.35. The average Bonchev–Trinajstić information content (AvgIpc) is 2.80. The predicted molar refractivity (Wildman–Crippen MR) is 135 cm³/mol. The fraction of sp³-hybridized carbons (Fsp3) is 0.440. The molecule has 0 spiro atoms. The van der Waals surface area contributed by atoms with Gasteiger partial charge in [-0.25, -0.2) is 8.70 Å². The fourth-order valence-electron chi connectivity index (χ4n) is 3.28. The van der Waals surface area contributed by atoms with E-state index in [-0.39, 0.29) is 24.1 Å². The third-order valence-electron chi connectivity index (χ3n) is 5.47. The number of carbonyl (C=O) groups is 2. The number of nitrogens with one attached hydrogen (secondary N) is 1. The second-order valence-corrected chi connectivity index (χ2v) is 11.1. The summed E-state index contributed by atoms with van der Waals surface area (Å²) in [7, 11) is -1.60. The molecular weight excluding hydrogens is 471 g/mol. The first kappa shape index (κ1) is 28.3. The van der Waals surface area contributed by atoms with Gasteiger partial charge in [-0.1, -0.05) is 55.8 Å². The van der Waals surface area contributed by atoms with E-state index >= 15 is 0 Å². The van der Waals surface area contributed by atoms with Gasteiger partial charge in [0.1, 0.15) is 18.4 Å². The summed E-state index contributed by atoms with van der Waals surface area (Å²) in [5.41, 5.74) is 1.57. The molecule has 0 heterocycles. The largest absolute Gasteiger partial charge is 0.354 e. The quantitative estimate of drug-likeness (QED) is 0.508. The van der Waals surface area contributed by atoms with Gasteiger partial charge < -0.3 is 10.2 Å². The lowest BCUT2D eigenvalue weighted by atomic mass is 10.1. The van der Waals surface area contributed by atoms with E-state index in [1.165, 1.54) is 37.2 Å². The van der Waals surface area contributed by atoms with Crippen LogP contribution >= 0.6 is 0 Å². The number of para-hydroxylation sites is 1. The second kappa shape index (κ2) is 12.1. The molecule has 1 atom stereocenters. The Balaban J connectivity index is 2.44. The number of benzene rings is 2. The van der Waals surface area contributed by atoms with E-state index in [1.54, 1.807) is 6.92 Å². The monoisotopic (exact) mass is 506 g/mol. The Morgan fingerprint density at radius 2 is 1.60 bits per heavy atom. The number of amides is 2. The molecule has 2 rings (SSSR count). The van der Waals surface area contributed by atoms with Crippen LogP contribution in [-0.2, 0) is 26.3 Å². The minimum Gasteiger partial charge on any atom is -0.354 e. The summed E-state index contributed by atoms with van der Waals surface area (Å²) >= 11 is 0. The van der Waals surface area contributed by atoms with E-state index in [0.29, 0.717) is 6.54 Å². The van der Waals surface area contributed by atoms with E-state index in [0.717, 1.165) is 25.8 Å². The topological polar surface area (TPSA) is 90.0 Å². The number of hydrogen-bond donors (Lipinski definition) is 1. The third-order valence-corrected chi connectivity index (χ3v) is 7.27. The highest BCUT2D eigenvalue weighted by Crippen LogP contribution is 2.24. The molecule has 10 heteroatoms. The standard InChI is InChI=1S/C25H35FN4O4S/c1-18(2)15-27-25(32)20(4)29(16-21-13-11-19(3)12-14-21)24(31)17-30(35(33,34)28(5)6)23-10-8-7-9-22(23)26/h7-14,18,20H,15-17H2,1-6H3,(H,27,32). The molecule has 192 valence electrons. The van der Waals surface area contributed by atoms with Gasteiger partial charge in [0.15, 0.2) is 0 Å². The maximum absolute atomic E-state index is 14.6. The Hall–Kier alpha value is -2.98. The maximum Gasteiger partial charge on any atom is 0.304 e. The summed E-state index contributed by atoms with van der Waals surface area (Å²) in [5.74, 6) is -1.55. The van der Waals surface area contributed by atoms with Crippen molar-refractivity contribution in [3.8, 4) is 0 Å². The Bertz CT molecular complexity index is 1120. The number of carbonyl (C=O) groups excluding carboxylic acids is 2. The summed E-state index contributed by atoms with van der Waals surface area (Å²) in [4.78, 5) is 27.7. The van der Waals surface area contributed by atoms with Gasteiger partial charge in [-0.05, 0) is 37.5 Å². The molecule has 0 saturated heterocycles. The molecule has 8 nitrogen and oxygen atoms in total. The highest BCUT2D eigenvalue weighted by atomic mass is 32.2. The zero-order valence-electron chi connectivity index (χ0n) is 21.2. The molecule has 2 aromatic rings. The van der Waals surface area contributed by atoms with Crippen LogP contribution in [0.25, 0.3) is 0 Å². The normalized spacial score (nSPS) is 12.5. The third kappa shape index (κ3) is 7.50. The van der Waals surface area contributed by atoms with Gasteiger partial charge in [-0.2, -0.15) is 12.7 Å². The average molecular weight is 507 g/mol. The van der Waals surface area contributed by atoms with E-state index in [4.69, 9.17) is 0 Å². The minimum absolute atomic E-state index is 0.0858. The van der Waals surface area contributed by atoms with Crippen molar-refractivity contribution in [2.75, 3.05) is 31.5 Å². The molecule has 0 fully saturated rings. The van der Waals surface area contributed by atoms with Crippen LogP contribution in [0, 0.1) is 18.7 Å². The molecular formula is C25H35FN4O4S. The molecule has 2 amide bonds. The van der Waals surface area contributed by atoms with E-state index < -0.39 is 34.5 Å². The summed E-state index contributed by atoms with van der Waals surface area (Å²) in [6, 6.07) is 12.0. The van der Waals surface area contributed by atoms with Gasteiger partial charge in [0, 0.05) is 27.2 Å². The highest BCUT2D eigenvalue weighted by molar-refractivity contribution is 7.90. The molecule has 35 heavy (non-hydrogen) atoms. The SMILES string of the molecule is Cc1ccc(CN(C(=O)CN(c2ccccc2F)S(=O)(=O)N(C)C)C(C)C(=O)NCC(C)C)cc1. The van der Waals surface area contributed by atoms with E-state index in [2.05, 4.69) is 5.32 Å². The zero-order chi connectivity index (χ0) is 26.3. The first-order valence-electron chi connectivity index (χ1n) is 11.4. The van der Waals surface area contributed by atoms with Gasteiger partial charge >= 0.3 is 10.2 Å². The van der Waals surface area contributed by atoms with Gasteiger partial charge in [0.25, 0.3) is 0 Å².